The Morgan fingerprint density at radius 2 is 2.33 bits per heavy atom. The molecule has 1 aromatic carbocycles. The zero-order valence-electron chi connectivity index (χ0n) is 11.7. The fourth-order valence-electron chi connectivity index (χ4n) is 2.12. The molecule has 0 bridgehead atoms. The average molecular weight is 300 g/mol. The summed E-state index contributed by atoms with van der Waals surface area (Å²) >= 11 is 0. The Bertz CT molecular complexity index is 491. The van der Waals surface area contributed by atoms with Gasteiger partial charge in [-0.05, 0) is 25.5 Å². The van der Waals surface area contributed by atoms with E-state index in [1.54, 1.807) is 19.1 Å². The van der Waals surface area contributed by atoms with Crippen LogP contribution in [0, 0.1) is 12.8 Å². The molecule has 5 nitrogen and oxygen atoms in total. The van der Waals surface area contributed by atoms with E-state index in [1.165, 1.54) is 6.07 Å². The molecule has 1 unspecified atom stereocenters. The van der Waals surface area contributed by atoms with E-state index >= 15 is 0 Å². The Balaban J connectivity index is 1.90. The van der Waals surface area contributed by atoms with Crippen molar-refractivity contribution in [2.45, 2.75) is 20.0 Å². The van der Waals surface area contributed by atoms with E-state index in [9.17, 15) is 13.6 Å². The van der Waals surface area contributed by atoms with Crippen LogP contribution in [0.2, 0.25) is 0 Å². The van der Waals surface area contributed by atoms with Crippen LogP contribution in [-0.2, 0) is 4.74 Å². The first-order chi connectivity index (χ1) is 10.1. The summed E-state index contributed by atoms with van der Waals surface area (Å²) in [5.41, 5.74) is 0.894. The molecule has 1 heterocycles. The lowest BCUT2D eigenvalue weighted by Crippen LogP contribution is -2.33. The predicted octanol–water partition coefficient (Wildman–Crippen LogP) is 2.75. The summed E-state index contributed by atoms with van der Waals surface area (Å²) in [6.07, 6.45) is 0.928. The second-order valence-corrected chi connectivity index (χ2v) is 4.87. The molecule has 0 aromatic heterocycles. The predicted molar refractivity (Wildman–Crippen MR) is 73.8 cm³/mol. The number of rotatable bonds is 5. The highest BCUT2D eigenvalue weighted by Crippen LogP contribution is 2.26. The number of nitrogens with one attached hydrogen (secondary N) is 2. The molecule has 0 radical (unpaired) electrons. The van der Waals surface area contributed by atoms with Crippen LogP contribution in [0.25, 0.3) is 0 Å². The molecule has 1 saturated heterocycles. The van der Waals surface area contributed by atoms with Gasteiger partial charge in [0.25, 0.3) is 0 Å². The van der Waals surface area contributed by atoms with Gasteiger partial charge in [0.2, 0.25) is 0 Å². The van der Waals surface area contributed by atoms with Crippen LogP contribution in [0.15, 0.2) is 18.2 Å². The molecule has 1 aromatic rings. The zero-order valence-corrected chi connectivity index (χ0v) is 11.7. The van der Waals surface area contributed by atoms with Crippen molar-refractivity contribution in [1.82, 2.24) is 5.32 Å². The van der Waals surface area contributed by atoms with Crippen LogP contribution >= 0.6 is 0 Å². The second-order valence-electron chi connectivity index (χ2n) is 4.87. The molecule has 0 spiro atoms. The Morgan fingerprint density at radius 1 is 1.52 bits per heavy atom. The highest BCUT2D eigenvalue weighted by Gasteiger charge is 2.17. The number of hydrogen-bond donors (Lipinski definition) is 2. The third-order valence-corrected chi connectivity index (χ3v) is 3.32. The largest absolute Gasteiger partial charge is 0.434 e. The van der Waals surface area contributed by atoms with Gasteiger partial charge >= 0.3 is 12.6 Å². The molecule has 1 atom stereocenters. The summed E-state index contributed by atoms with van der Waals surface area (Å²) in [5, 5.41) is 5.37. The number of halogens is 2. The molecule has 116 valence electrons. The van der Waals surface area contributed by atoms with Crippen molar-refractivity contribution in [3.05, 3.63) is 23.8 Å². The molecule has 2 rings (SSSR count). The molecule has 0 saturated carbocycles. The van der Waals surface area contributed by atoms with Crippen LogP contribution in [0.5, 0.6) is 5.75 Å². The molecule has 0 aliphatic carbocycles. The maximum Gasteiger partial charge on any atom is 0.387 e. The molecule has 1 aliphatic heterocycles. The SMILES string of the molecule is Cc1c(NC(=O)NCC2CCOC2)cccc1OC(F)F. The van der Waals surface area contributed by atoms with Crippen molar-refractivity contribution < 1.29 is 23.0 Å². The summed E-state index contributed by atoms with van der Waals surface area (Å²) in [5.74, 6) is 0.373. The minimum Gasteiger partial charge on any atom is -0.434 e. The van der Waals surface area contributed by atoms with E-state index in [2.05, 4.69) is 15.4 Å². The van der Waals surface area contributed by atoms with Gasteiger partial charge in [0.15, 0.2) is 0 Å². The van der Waals surface area contributed by atoms with Crippen molar-refractivity contribution in [2.24, 2.45) is 5.92 Å². The van der Waals surface area contributed by atoms with Crippen LogP contribution in [0.4, 0.5) is 19.3 Å². The maximum atomic E-state index is 12.3. The molecule has 7 heteroatoms. The third-order valence-electron chi connectivity index (χ3n) is 3.32. The average Bonchev–Trinajstić information content (AvgIpc) is 2.94. The summed E-state index contributed by atoms with van der Waals surface area (Å²) < 4.78 is 34.1. The van der Waals surface area contributed by atoms with Crippen molar-refractivity contribution >= 4 is 11.7 Å². The zero-order chi connectivity index (χ0) is 15.2. The topological polar surface area (TPSA) is 59.6 Å². The number of amides is 2. The van der Waals surface area contributed by atoms with Gasteiger partial charge in [0.1, 0.15) is 5.75 Å². The van der Waals surface area contributed by atoms with E-state index in [0.717, 1.165) is 13.0 Å². The standard InChI is InChI=1S/C14H18F2N2O3/c1-9-11(3-2-4-12(9)21-13(15)16)18-14(19)17-7-10-5-6-20-8-10/h2-4,10,13H,5-8H2,1H3,(H2,17,18,19). The Morgan fingerprint density at radius 3 is 3.00 bits per heavy atom. The fraction of sp³-hybridized carbons (Fsp3) is 0.500. The summed E-state index contributed by atoms with van der Waals surface area (Å²) in [6, 6.07) is 4.23. The number of hydrogen-bond acceptors (Lipinski definition) is 3. The number of carbonyl (C=O) groups is 1. The first kappa shape index (κ1) is 15.5. The van der Waals surface area contributed by atoms with Crippen molar-refractivity contribution in [3.8, 4) is 5.75 Å². The minimum absolute atomic E-state index is 0.0481. The lowest BCUT2D eigenvalue weighted by molar-refractivity contribution is -0.0502. The van der Waals surface area contributed by atoms with Crippen LogP contribution < -0.4 is 15.4 Å². The molecule has 21 heavy (non-hydrogen) atoms. The van der Waals surface area contributed by atoms with E-state index in [-0.39, 0.29) is 11.8 Å². The number of benzene rings is 1. The number of alkyl halides is 2. The van der Waals surface area contributed by atoms with E-state index in [4.69, 9.17) is 4.74 Å². The van der Waals surface area contributed by atoms with Gasteiger partial charge < -0.3 is 20.1 Å². The quantitative estimate of drug-likeness (QED) is 0.879. The monoisotopic (exact) mass is 300 g/mol. The lowest BCUT2D eigenvalue weighted by atomic mass is 10.1. The van der Waals surface area contributed by atoms with E-state index < -0.39 is 6.61 Å². The molecule has 2 amide bonds. The van der Waals surface area contributed by atoms with Gasteiger partial charge in [-0.2, -0.15) is 8.78 Å². The summed E-state index contributed by atoms with van der Waals surface area (Å²) in [4.78, 5) is 11.8. The van der Waals surface area contributed by atoms with E-state index in [1.807, 2.05) is 0 Å². The van der Waals surface area contributed by atoms with Gasteiger partial charge in [-0.1, -0.05) is 6.07 Å². The number of anilines is 1. The molecular weight excluding hydrogens is 282 g/mol. The Hall–Kier alpha value is -1.89. The first-order valence-electron chi connectivity index (χ1n) is 6.73. The maximum absolute atomic E-state index is 12.3. The highest BCUT2D eigenvalue weighted by molar-refractivity contribution is 5.90. The number of ether oxygens (including phenoxy) is 2. The highest BCUT2D eigenvalue weighted by atomic mass is 19.3. The smallest absolute Gasteiger partial charge is 0.387 e. The van der Waals surface area contributed by atoms with Gasteiger partial charge in [-0.15, -0.1) is 0 Å². The van der Waals surface area contributed by atoms with Gasteiger partial charge in [-0.25, -0.2) is 4.79 Å². The molecule has 2 N–H and O–H groups in total. The molecular formula is C14H18F2N2O3. The van der Waals surface area contributed by atoms with Crippen LogP contribution in [0.3, 0.4) is 0 Å². The second kappa shape index (κ2) is 7.21. The first-order valence-corrected chi connectivity index (χ1v) is 6.73. The lowest BCUT2D eigenvalue weighted by Gasteiger charge is -2.14. The third kappa shape index (κ3) is 4.56. The normalized spacial score (nSPS) is 17.8. The van der Waals surface area contributed by atoms with Gasteiger partial charge in [0.05, 0.1) is 6.61 Å². The van der Waals surface area contributed by atoms with Crippen molar-refractivity contribution in [2.75, 3.05) is 25.1 Å². The van der Waals surface area contributed by atoms with Gasteiger partial charge in [0, 0.05) is 30.3 Å². The van der Waals surface area contributed by atoms with Crippen molar-refractivity contribution in [3.63, 3.8) is 0 Å². The van der Waals surface area contributed by atoms with Crippen LogP contribution in [0.1, 0.15) is 12.0 Å². The fourth-order valence-corrected chi connectivity index (χ4v) is 2.12. The van der Waals surface area contributed by atoms with Crippen LogP contribution in [-0.4, -0.2) is 32.4 Å². The van der Waals surface area contributed by atoms with Gasteiger partial charge in [-0.3, -0.25) is 0 Å². The molecule has 1 fully saturated rings. The van der Waals surface area contributed by atoms with Crippen molar-refractivity contribution in [1.29, 1.82) is 0 Å². The van der Waals surface area contributed by atoms with E-state index in [0.29, 0.717) is 30.3 Å². The minimum atomic E-state index is -2.89. The Labute approximate surface area is 121 Å². The molecule has 1 aliphatic rings. The number of urea groups is 1. The summed E-state index contributed by atoms with van der Waals surface area (Å²) in [6.45, 7) is 0.614. The summed E-state index contributed by atoms with van der Waals surface area (Å²) in [7, 11) is 0. The Kier molecular flexibility index (Phi) is 5.32. The number of carbonyl (C=O) groups excluding carboxylic acids is 1.